The van der Waals surface area contributed by atoms with Gasteiger partial charge >= 0.3 is 6.61 Å². The molecule has 1 aromatic carbocycles. The number of aryl methyl sites for hydroxylation is 3. The molecule has 2 heterocycles. The lowest BCUT2D eigenvalue weighted by molar-refractivity contribution is -0.116. The summed E-state index contributed by atoms with van der Waals surface area (Å²) in [6.45, 7) is 2.79. The highest BCUT2D eigenvalue weighted by molar-refractivity contribution is 6.32. The van der Waals surface area contributed by atoms with Gasteiger partial charge in [-0.15, -0.1) is 0 Å². The fourth-order valence-corrected chi connectivity index (χ4v) is 3.26. The Balaban J connectivity index is 1.68. The molecule has 9 heteroatoms. The summed E-state index contributed by atoms with van der Waals surface area (Å²) in [6, 6.07) is 6.02. The predicted octanol–water partition coefficient (Wildman–Crippen LogP) is 4.48. The quantitative estimate of drug-likeness (QED) is 0.653. The zero-order valence-electron chi connectivity index (χ0n) is 15.6. The van der Waals surface area contributed by atoms with Crippen molar-refractivity contribution in [2.24, 2.45) is 0 Å². The van der Waals surface area contributed by atoms with Crippen LogP contribution in [0.1, 0.15) is 29.1 Å². The molecule has 6 nitrogen and oxygen atoms in total. The normalized spacial score (nSPS) is 11.2. The van der Waals surface area contributed by atoms with Crippen molar-refractivity contribution in [2.45, 2.75) is 40.2 Å². The number of anilines is 1. The SMILES string of the molecule is Cc1cc2nc(C)c(CCC(=O)Nc3ccc(OC(F)F)c(Cl)c3)c(C)n2n1. The molecule has 28 heavy (non-hydrogen) atoms. The van der Waals surface area contributed by atoms with Crippen LogP contribution in [0, 0.1) is 20.8 Å². The van der Waals surface area contributed by atoms with Gasteiger partial charge in [-0.05, 0) is 51.0 Å². The lowest BCUT2D eigenvalue weighted by atomic mass is 10.1. The largest absolute Gasteiger partial charge is 0.433 e. The van der Waals surface area contributed by atoms with E-state index in [1.807, 2.05) is 26.8 Å². The summed E-state index contributed by atoms with van der Waals surface area (Å²) >= 11 is 5.90. The molecule has 0 bridgehead atoms. The molecule has 1 amide bonds. The van der Waals surface area contributed by atoms with Crippen LogP contribution in [0.15, 0.2) is 24.3 Å². The number of carbonyl (C=O) groups excluding carboxylic acids is 1. The van der Waals surface area contributed by atoms with Gasteiger partial charge < -0.3 is 10.1 Å². The van der Waals surface area contributed by atoms with E-state index in [9.17, 15) is 13.6 Å². The van der Waals surface area contributed by atoms with Crippen molar-refractivity contribution in [1.82, 2.24) is 14.6 Å². The summed E-state index contributed by atoms with van der Waals surface area (Å²) in [7, 11) is 0. The Morgan fingerprint density at radius 3 is 2.71 bits per heavy atom. The van der Waals surface area contributed by atoms with E-state index >= 15 is 0 Å². The van der Waals surface area contributed by atoms with E-state index in [-0.39, 0.29) is 23.1 Å². The molecule has 3 aromatic rings. The number of benzene rings is 1. The number of amides is 1. The second kappa shape index (κ2) is 8.10. The van der Waals surface area contributed by atoms with Gasteiger partial charge in [-0.25, -0.2) is 9.50 Å². The van der Waals surface area contributed by atoms with Gasteiger partial charge in [0.05, 0.1) is 10.7 Å². The first-order valence-corrected chi connectivity index (χ1v) is 8.99. The highest BCUT2D eigenvalue weighted by Crippen LogP contribution is 2.29. The van der Waals surface area contributed by atoms with Crippen LogP contribution < -0.4 is 10.1 Å². The summed E-state index contributed by atoms with van der Waals surface area (Å²) in [5.74, 6) is -0.371. The first kappa shape index (κ1) is 20.0. The zero-order chi connectivity index (χ0) is 20.4. The van der Waals surface area contributed by atoms with Gasteiger partial charge in [0, 0.05) is 29.6 Å². The summed E-state index contributed by atoms with van der Waals surface area (Å²) in [5, 5.41) is 7.12. The Labute approximate surface area is 165 Å². The van der Waals surface area contributed by atoms with Crippen molar-refractivity contribution in [2.75, 3.05) is 5.32 Å². The van der Waals surface area contributed by atoms with E-state index in [1.54, 1.807) is 4.52 Å². The van der Waals surface area contributed by atoms with E-state index in [2.05, 4.69) is 20.1 Å². The number of aromatic nitrogens is 3. The Kier molecular flexibility index (Phi) is 5.79. The number of hydrogen-bond donors (Lipinski definition) is 1. The highest BCUT2D eigenvalue weighted by Gasteiger charge is 2.14. The maximum absolute atomic E-state index is 12.3. The smallest absolute Gasteiger partial charge is 0.387 e. The minimum absolute atomic E-state index is 0.00603. The Hall–Kier alpha value is -2.74. The number of ether oxygens (including phenoxy) is 1. The maximum atomic E-state index is 12.3. The molecule has 0 spiro atoms. The lowest BCUT2D eigenvalue weighted by Gasteiger charge is -2.12. The molecule has 148 valence electrons. The Morgan fingerprint density at radius 1 is 1.29 bits per heavy atom. The number of hydrogen-bond acceptors (Lipinski definition) is 4. The molecule has 0 aliphatic carbocycles. The number of fused-ring (bicyclic) bond motifs is 1. The van der Waals surface area contributed by atoms with Crippen LogP contribution in [0.2, 0.25) is 5.02 Å². The molecular formula is C19H19ClF2N4O2. The van der Waals surface area contributed by atoms with Gasteiger partial charge in [-0.2, -0.15) is 13.9 Å². The molecule has 0 aliphatic heterocycles. The molecule has 0 saturated heterocycles. The number of carbonyl (C=O) groups is 1. The highest BCUT2D eigenvalue weighted by atomic mass is 35.5. The van der Waals surface area contributed by atoms with Crippen molar-refractivity contribution in [3.63, 3.8) is 0 Å². The summed E-state index contributed by atoms with van der Waals surface area (Å²) in [6.07, 6.45) is 0.716. The Morgan fingerprint density at radius 2 is 2.04 bits per heavy atom. The van der Waals surface area contributed by atoms with E-state index in [0.29, 0.717) is 12.1 Å². The second-order valence-electron chi connectivity index (χ2n) is 6.39. The third-order valence-electron chi connectivity index (χ3n) is 4.32. The summed E-state index contributed by atoms with van der Waals surface area (Å²) < 4.78 is 30.6. The van der Waals surface area contributed by atoms with Gasteiger partial charge in [0.15, 0.2) is 5.65 Å². The van der Waals surface area contributed by atoms with Crippen LogP contribution >= 0.6 is 11.6 Å². The van der Waals surface area contributed by atoms with Crippen LogP contribution in [0.25, 0.3) is 5.65 Å². The number of halogens is 3. The fraction of sp³-hybridized carbons (Fsp3) is 0.316. The molecule has 1 N–H and O–H groups in total. The topological polar surface area (TPSA) is 68.5 Å². The molecule has 0 unspecified atom stereocenters. The minimum Gasteiger partial charge on any atom is -0.433 e. The predicted molar refractivity (Wildman–Crippen MR) is 102 cm³/mol. The van der Waals surface area contributed by atoms with Crippen LogP contribution in [0.3, 0.4) is 0 Å². The van der Waals surface area contributed by atoms with Crippen molar-refractivity contribution in [1.29, 1.82) is 0 Å². The summed E-state index contributed by atoms with van der Waals surface area (Å²) in [5.41, 5.74) is 4.82. The molecule has 3 rings (SSSR count). The van der Waals surface area contributed by atoms with Crippen LogP contribution in [0.4, 0.5) is 14.5 Å². The fourth-order valence-electron chi connectivity index (χ4n) is 3.04. The molecule has 0 fully saturated rings. The first-order chi connectivity index (χ1) is 13.2. The molecule has 0 aliphatic rings. The van der Waals surface area contributed by atoms with Crippen molar-refractivity contribution in [3.8, 4) is 5.75 Å². The van der Waals surface area contributed by atoms with Crippen molar-refractivity contribution >= 4 is 28.8 Å². The molecule has 2 aromatic heterocycles. The van der Waals surface area contributed by atoms with Crippen LogP contribution in [-0.2, 0) is 11.2 Å². The molecule has 0 atom stereocenters. The second-order valence-corrected chi connectivity index (χ2v) is 6.80. The van der Waals surface area contributed by atoms with Gasteiger partial charge in [0.2, 0.25) is 5.91 Å². The number of nitrogens with zero attached hydrogens (tertiary/aromatic N) is 3. The van der Waals surface area contributed by atoms with Crippen molar-refractivity contribution in [3.05, 3.63) is 51.9 Å². The van der Waals surface area contributed by atoms with E-state index in [1.165, 1.54) is 18.2 Å². The van der Waals surface area contributed by atoms with Gasteiger partial charge in [-0.1, -0.05) is 11.6 Å². The Bertz CT molecular complexity index is 1040. The average molecular weight is 409 g/mol. The number of alkyl halides is 2. The van der Waals surface area contributed by atoms with Gasteiger partial charge in [-0.3, -0.25) is 4.79 Å². The molecule has 0 saturated carbocycles. The van der Waals surface area contributed by atoms with Gasteiger partial charge in [0.25, 0.3) is 0 Å². The third-order valence-corrected chi connectivity index (χ3v) is 4.62. The zero-order valence-corrected chi connectivity index (χ0v) is 16.3. The number of nitrogens with one attached hydrogen (secondary N) is 1. The van der Waals surface area contributed by atoms with Crippen molar-refractivity contribution < 1.29 is 18.3 Å². The standard InChI is InChI=1S/C19H19ClF2N4O2/c1-10-8-17-23-11(2)14(12(3)26(17)25-10)5-7-18(27)24-13-4-6-16(15(20)9-13)28-19(21)22/h4,6,8-9,19H,5,7H2,1-3H3,(H,24,27). The third kappa shape index (κ3) is 4.39. The average Bonchev–Trinajstić information content (AvgIpc) is 2.97. The van der Waals surface area contributed by atoms with E-state index < -0.39 is 6.61 Å². The molecular weight excluding hydrogens is 390 g/mol. The van der Waals surface area contributed by atoms with Gasteiger partial charge in [0.1, 0.15) is 5.75 Å². The van der Waals surface area contributed by atoms with E-state index in [0.717, 1.165) is 28.3 Å². The molecule has 0 radical (unpaired) electrons. The first-order valence-electron chi connectivity index (χ1n) is 8.61. The monoisotopic (exact) mass is 408 g/mol. The van der Waals surface area contributed by atoms with Crippen LogP contribution in [-0.4, -0.2) is 27.1 Å². The maximum Gasteiger partial charge on any atom is 0.387 e. The number of rotatable bonds is 6. The van der Waals surface area contributed by atoms with Crippen LogP contribution in [0.5, 0.6) is 5.75 Å². The summed E-state index contributed by atoms with van der Waals surface area (Å²) in [4.78, 5) is 16.8. The minimum atomic E-state index is -2.96. The van der Waals surface area contributed by atoms with E-state index in [4.69, 9.17) is 11.6 Å². The lowest BCUT2D eigenvalue weighted by Crippen LogP contribution is -2.14.